The number of hydrogen-bond donors (Lipinski definition) is 0. The lowest BCUT2D eigenvalue weighted by Gasteiger charge is -2.29. The molecular weight excluding hydrogens is 869 g/mol. The number of para-hydroxylation sites is 4. The lowest BCUT2D eigenvalue weighted by molar-refractivity contribution is 0.619. The van der Waals surface area contributed by atoms with Crippen LogP contribution in [0.15, 0.2) is 251 Å². The first kappa shape index (κ1) is 41.9. The molecule has 10 aromatic carbocycles. The molecule has 2 aromatic heterocycles. The highest BCUT2D eigenvalue weighted by molar-refractivity contribution is 5.89. The maximum Gasteiger partial charge on any atom is 0.227 e. The molecule has 0 amide bonds. The van der Waals surface area contributed by atoms with E-state index in [-0.39, 0.29) is 5.41 Å². The minimum atomic E-state index is -0.323. The summed E-state index contributed by atoms with van der Waals surface area (Å²) in [5.74, 6) is 1.21. The van der Waals surface area contributed by atoms with Crippen molar-refractivity contribution in [2.24, 2.45) is 0 Å². The van der Waals surface area contributed by atoms with Gasteiger partial charge in [-0.15, -0.1) is 0 Å². The Balaban J connectivity index is 0.878. The molecule has 2 heterocycles. The van der Waals surface area contributed by atoms with Gasteiger partial charge >= 0.3 is 0 Å². The van der Waals surface area contributed by atoms with Crippen LogP contribution in [-0.2, 0) is 5.41 Å². The molecule has 6 heteroatoms. The number of oxazole rings is 2. The normalized spacial score (nSPS) is 12.5. The molecule has 0 bridgehead atoms. The van der Waals surface area contributed by atoms with Gasteiger partial charge < -0.3 is 18.6 Å². The van der Waals surface area contributed by atoms with Gasteiger partial charge in [0.25, 0.3) is 0 Å². The maximum absolute atomic E-state index is 6.17. The molecule has 338 valence electrons. The number of nitrogens with zero attached hydrogens (tertiary/aromatic N) is 4. The molecule has 12 aromatic rings. The first-order chi connectivity index (χ1) is 34.9. The Morgan fingerprint density at radius 1 is 0.310 bits per heavy atom. The van der Waals surface area contributed by atoms with Crippen molar-refractivity contribution in [2.75, 3.05) is 9.80 Å². The lowest BCUT2D eigenvalue weighted by Crippen LogP contribution is -2.17. The minimum absolute atomic E-state index is 0.323. The molecule has 6 nitrogen and oxygen atoms in total. The van der Waals surface area contributed by atoms with Gasteiger partial charge in [-0.25, -0.2) is 9.97 Å². The van der Waals surface area contributed by atoms with Crippen molar-refractivity contribution in [3.05, 3.63) is 254 Å². The number of aromatic nitrogens is 2. The molecule has 0 saturated heterocycles. The van der Waals surface area contributed by atoms with E-state index in [4.69, 9.17) is 18.8 Å². The van der Waals surface area contributed by atoms with Crippen molar-refractivity contribution in [2.45, 2.75) is 19.3 Å². The van der Waals surface area contributed by atoms with Gasteiger partial charge in [-0.1, -0.05) is 135 Å². The van der Waals surface area contributed by atoms with Crippen LogP contribution in [0.2, 0.25) is 0 Å². The number of hydrogen-bond acceptors (Lipinski definition) is 6. The molecule has 0 atom stereocenters. The number of benzene rings is 10. The van der Waals surface area contributed by atoms with Gasteiger partial charge in [0.05, 0.1) is 0 Å². The largest absolute Gasteiger partial charge is 0.436 e. The van der Waals surface area contributed by atoms with E-state index in [2.05, 4.69) is 218 Å². The maximum atomic E-state index is 6.17. The molecule has 0 aliphatic heterocycles. The van der Waals surface area contributed by atoms with Crippen LogP contribution in [0, 0.1) is 0 Å². The van der Waals surface area contributed by atoms with Crippen LogP contribution in [0.25, 0.3) is 78.5 Å². The SMILES string of the molecule is CC1(C)c2cc(N(c3ccc(-c4ccccc4)cc3)c3ccc(-c4nc5ccccc5o4)cc3)ccc2-c2ccc(N(c3ccc(-c4ccccc4)cc3)c3ccc(-c4nc5ccccc5o4)cc3)cc21. The highest BCUT2D eigenvalue weighted by Gasteiger charge is 2.37. The highest BCUT2D eigenvalue weighted by Crippen LogP contribution is 2.53. The zero-order chi connectivity index (χ0) is 47.5. The van der Waals surface area contributed by atoms with Crippen molar-refractivity contribution in [3.8, 4) is 56.3 Å². The zero-order valence-electron chi connectivity index (χ0n) is 39.2. The van der Waals surface area contributed by atoms with E-state index in [0.717, 1.165) is 67.5 Å². The fourth-order valence-corrected chi connectivity index (χ4v) is 10.3. The molecule has 0 N–H and O–H groups in total. The average molecular weight is 915 g/mol. The average Bonchev–Trinajstić information content (AvgIpc) is 4.13. The van der Waals surface area contributed by atoms with E-state index in [1.165, 1.54) is 44.5 Å². The highest BCUT2D eigenvalue weighted by atomic mass is 16.4. The first-order valence-electron chi connectivity index (χ1n) is 24.0. The third kappa shape index (κ3) is 7.54. The van der Waals surface area contributed by atoms with Gasteiger partial charge in [-0.05, 0) is 166 Å². The summed E-state index contributed by atoms with van der Waals surface area (Å²) in [6, 6.07) is 85.5. The summed E-state index contributed by atoms with van der Waals surface area (Å²) < 4.78 is 12.3. The van der Waals surface area contributed by atoms with Gasteiger partial charge in [-0.3, -0.25) is 0 Å². The van der Waals surface area contributed by atoms with Crippen molar-refractivity contribution >= 4 is 56.3 Å². The summed E-state index contributed by atoms with van der Waals surface area (Å²) in [6.07, 6.45) is 0. The van der Waals surface area contributed by atoms with Gasteiger partial charge in [0.1, 0.15) is 11.0 Å². The molecular formula is C65H46N4O2. The van der Waals surface area contributed by atoms with E-state index in [0.29, 0.717) is 11.8 Å². The number of rotatable bonds is 10. The predicted molar refractivity (Wildman–Crippen MR) is 290 cm³/mol. The Bertz CT molecular complexity index is 3560. The Morgan fingerprint density at radius 2 is 0.620 bits per heavy atom. The molecule has 0 fully saturated rings. The van der Waals surface area contributed by atoms with Crippen LogP contribution in [0.3, 0.4) is 0 Å². The van der Waals surface area contributed by atoms with Gasteiger partial charge in [0.15, 0.2) is 11.2 Å². The Kier molecular flexibility index (Phi) is 10.1. The van der Waals surface area contributed by atoms with E-state index in [1.807, 2.05) is 48.5 Å². The minimum Gasteiger partial charge on any atom is -0.436 e. The molecule has 1 aliphatic rings. The van der Waals surface area contributed by atoms with E-state index in [9.17, 15) is 0 Å². The van der Waals surface area contributed by atoms with Crippen molar-refractivity contribution < 1.29 is 8.83 Å². The second-order valence-corrected chi connectivity index (χ2v) is 18.6. The molecule has 0 unspecified atom stereocenters. The quantitative estimate of drug-likeness (QED) is 0.136. The van der Waals surface area contributed by atoms with E-state index < -0.39 is 0 Å². The Hall–Kier alpha value is -9.26. The molecule has 1 aliphatic carbocycles. The van der Waals surface area contributed by atoms with Gasteiger partial charge in [0, 0.05) is 50.7 Å². The predicted octanol–water partition coefficient (Wildman–Crippen LogP) is 17.9. The number of anilines is 6. The molecule has 0 saturated carbocycles. The fourth-order valence-electron chi connectivity index (χ4n) is 10.3. The monoisotopic (exact) mass is 914 g/mol. The summed E-state index contributed by atoms with van der Waals surface area (Å²) >= 11 is 0. The molecule has 71 heavy (non-hydrogen) atoms. The molecule has 0 spiro atoms. The third-order valence-electron chi connectivity index (χ3n) is 14.0. The standard InChI is InChI=1S/C65H46N4O2/c1-65(2)57-41-53(68(49-29-21-45(22-30-49)43-13-5-3-6-14-43)51-33-25-47(26-34-51)63-66-59-17-9-11-19-61(59)70-63)37-39-55(57)56-40-38-54(42-58(56)65)69(50-31-23-46(24-32-50)44-15-7-4-8-16-44)52-35-27-48(28-36-52)64-67-60-18-10-12-20-62(60)71-64/h3-42H,1-2H3. The van der Waals surface area contributed by atoms with Crippen LogP contribution in [0.1, 0.15) is 25.0 Å². The van der Waals surface area contributed by atoms with Crippen LogP contribution in [0.4, 0.5) is 34.1 Å². The van der Waals surface area contributed by atoms with Crippen molar-refractivity contribution in [1.82, 2.24) is 9.97 Å². The van der Waals surface area contributed by atoms with E-state index >= 15 is 0 Å². The summed E-state index contributed by atoms with van der Waals surface area (Å²) in [5, 5.41) is 0. The Morgan fingerprint density at radius 3 is 0.986 bits per heavy atom. The van der Waals surface area contributed by atoms with Crippen molar-refractivity contribution in [3.63, 3.8) is 0 Å². The summed E-state index contributed by atoms with van der Waals surface area (Å²) in [7, 11) is 0. The van der Waals surface area contributed by atoms with Gasteiger partial charge in [0.2, 0.25) is 11.8 Å². The smallest absolute Gasteiger partial charge is 0.227 e. The zero-order valence-corrected chi connectivity index (χ0v) is 39.2. The number of fused-ring (bicyclic) bond motifs is 5. The Labute approximate surface area is 412 Å². The molecule has 0 radical (unpaired) electrons. The second-order valence-electron chi connectivity index (χ2n) is 18.6. The van der Waals surface area contributed by atoms with Crippen molar-refractivity contribution in [1.29, 1.82) is 0 Å². The lowest BCUT2D eigenvalue weighted by atomic mass is 9.82. The van der Waals surface area contributed by atoms with Crippen LogP contribution < -0.4 is 9.80 Å². The van der Waals surface area contributed by atoms with Gasteiger partial charge in [-0.2, -0.15) is 0 Å². The summed E-state index contributed by atoms with van der Waals surface area (Å²) in [6.45, 7) is 4.71. The summed E-state index contributed by atoms with van der Waals surface area (Å²) in [4.78, 5) is 14.3. The topological polar surface area (TPSA) is 58.5 Å². The van der Waals surface area contributed by atoms with Crippen LogP contribution in [-0.4, -0.2) is 9.97 Å². The second kappa shape index (κ2) is 17.1. The first-order valence-corrected chi connectivity index (χ1v) is 24.0. The molecule has 13 rings (SSSR count). The fraction of sp³-hybridized carbons (Fsp3) is 0.0462. The summed E-state index contributed by atoms with van der Waals surface area (Å²) in [5.41, 5.74) is 20.8. The van der Waals surface area contributed by atoms with Crippen LogP contribution in [0.5, 0.6) is 0 Å². The van der Waals surface area contributed by atoms with E-state index in [1.54, 1.807) is 0 Å². The third-order valence-corrected chi connectivity index (χ3v) is 14.0. The van der Waals surface area contributed by atoms with Crippen LogP contribution >= 0.6 is 0 Å².